The summed E-state index contributed by atoms with van der Waals surface area (Å²) in [5.74, 6) is -6.68. The maximum absolute atomic E-state index is 15.1. The number of aromatic nitrogens is 1. The van der Waals surface area contributed by atoms with Gasteiger partial charge in [0.15, 0.2) is 0 Å². The highest BCUT2D eigenvalue weighted by atomic mass is 35.5. The molecule has 6 nitrogen and oxygen atoms in total. The molecule has 0 unspecified atom stereocenters. The van der Waals surface area contributed by atoms with Gasteiger partial charge < -0.3 is 15.7 Å². The van der Waals surface area contributed by atoms with E-state index in [1.165, 1.54) is 48.7 Å². The number of carbonyl (C=O) groups excluding carboxylic acids is 1. The van der Waals surface area contributed by atoms with Crippen LogP contribution in [0.5, 0.6) is 0 Å². The average Bonchev–Trinajstić information content (AvgIpc) is 2.99. The molecule has 47 heavy (non-hydrogen) atoms. The monoisotopic (exact) mass is 691 g/mol. The van der Waals surface area contributed by atoms with Crippen molar-refractivity contribution in [2.24, 2.45) is 0 Å². The molecule has 0 bridgehead atoms. The zero-order valence-electron chi connectivity index (χ0n) is 23.7. The summed E-state index contributed by atoms with van der Waals surface area (Å²) in [6, 6.07) is 12.0. The quantitative estimate of drug-likeness (QED) is 0.135. The first kappa shape index (κ1) is 33.6. The van der Waals surface area contributed by atoms with Gasteiger partial charge in [0.1, 0.15) is 35.1 Å². The minimum Gasteiger partial charge on any atom is -0.480 e. The molecular weight excluding hydrogens is 671 g/mol. The largest absolute Gasteiger partial charge is 0.480 e. The van der Waals surface area contributed by atoms with Gasteiger partial charge in [0.25, 0.3) is 5.91 Å². The third-order valence-electron chi connectivity index (χ3n) is 7.20. The van der Waals surface area contributed by atoms with Crippen LogP contribution < -0.4 is 10.6 Å². The molecule has 4 aromatic carbocycles. The van der Waals surface area contributed by atoms with Gasteiger partial charge in [-0.15, -0.1) is 0 Å². The second kappa shape index (κ2) is 13.5. The highest BCUT2D eigenvalue weighted by molar-refractivity contribution is 6.39. The molecule has 0 saturated carbocycles. The molecule has 2 atom stereocenters. The number of alkyl halides is 3. The molecule has 0 fully saturated rings. The number of hydrogen-bond acceptors (Lipinski definition) is 4. The normalized spacial score (nSPS) is 12.9. The minimum absolute atomic E-state index is 0.00430. The van der Waals surface area contributed by atoms with E-state index >= 15 is 8.78 Å². The number of amides is 1. The number of pyridine rings is 1. The Hall–Kier alpha value is -4.81. The number of hydrogen-bond donors (Lipinski definition) is 3. The zero-order chi connectivity index (χ0) is 34.0. The Morgan fingerprint density at radius 2 is 1.51 bits per heavy atom. The van der Waals surface area contributed by atoms with Crippen molar-refractivity contribution in [3.05, 3.63) is 129 Å². The first-order chi connectivity index (χ1) is 22.2. The van der Waals surface area contributed by atoms with E-state index in [1.807, 2.05) is 5.32 Å². The van der Waals surface area contributed by atoms with Crippen LogP contribution in [-0.2, 0) is 11.2 Å². The zero-order valence-corrected chi connectivity index (χ0v) is 25.2. The van der Waals surface area contributed by atoms with Crippen molar-refractivity contribution >= 4 is 51.7 Å². The summed E-state index contributed by atoms with van der Waals surface area (Å²) in [7, 11) is 0. The Labute approximate surface area is 273 Å². The summed E-state index contributed by atoms with van der Waals surface area (Å²) < 4.78 is 85.2. The molecule has 1 amide bonds. The molecule has 1 heterocycles. The van der Waals surface area contributed by atoms with E-state index in [0.29, 0.717) is 34.2 Å². The molecule has 14 heteroatoms. The van der Waals surface area contributed by atoms with Gasteiger partial charge in [-0.3, -0.25) is 9.78 Å². The van der Waals surface area contributed by atoms with E-state index in [1.54, 1.807) is 12.1 Å². The Balaban J connectivity index is 1.42. The Kier molecular flexibility index (Phi) is 9.64. The molecule has 242 valence electrons. The molecule has 0 saturated heterocycles. The lowest BCUT2D eigenvalue weighted by Gasteiger charge is -2.23. The molecule has 3 N–H and O–H groups in total. The summed E-state index contributed by atoms with van der Waals surface area (Å²) in [4.78, 5) is 29.5. The second-order valence-corrected chi connectivity index (χ2v) is 11.1. The number of halogens is 8. The lowest BCUT2D eigenvalue weighted by Crippen LogP contribution is -2.43. The fourth-order valence-electron chi connectivity index (χ4n) is 5.10. The number of anilines is 1. The summed E-state index contributed by atoms with van der Waals surface area (Å²) in [5, 5.41) is 14.5. The van der Waals surface area contributed by atoms with E-state index in [-0.39, 0.29) is 27.6 Å². The van der Waals surface area contributed by atoms with Gasteiger partial charge in [-0.1, -0.05) is 71.7 Å². The summed E-state index contributed by atoms with van der Waals surface area (Å²) in [6.45, 7) is 0. The van der Waals surface area contributed by atoms with Crippen LogP contribution in [0.2, 0.25) is 10.0 Å². The van der Waals surface area contributed by atoms with E-state index in [9.17, 15) is 32.3 Å². The van der Waals surface area contributed by atoms with E-state index in [0.717, 1.165) is 12.1 Å². The van der Waals surface area contributed by atoms with Gasteiger partial charge in [0.05, 0.1) is 15.6 Å². The molecular formula is C33H21Cl2F6N3O3. The van der Waals surface area contributed by atoms with Crippen LogP contribution in [-0.4, -0.2) is 34.2 Å². The topological polar surface area (TPSA) is 91.3 Å². The third-order valence-corrected chi connectivity index (χ3v) is 7.80. The Morgan fingerprint density at radius 1 is 0.872 bits per heavy atom. The van der Waals surface area contributed by atoms with E-state index in [2.05, 4.69) is 10.3 Å². The molecule has 0 aliphatic heterocycles. The van der Waals surface area contributed by atoms with Crippen molar-refractivity contribution in [1.29, 1.82) is 0 Å². The van der Waals surface area contributed by atoms with Crippen LogP contribution in [0, 0.1) is 17.5 Å². The molecule has 5 rings (SSSR count). The number of carboxylic acids is 1. The SMILES string of the molecule is O=C(N[C@@H](Cc1ccc(-c2c(Cl)cc(F)cc2Cl)c2ncccc12)C(=O)O)c1c(F)cc(N[C@H](c2ccccc2)C(F)(F)F)cc1F. The Morgan fingerprint density at radius 3 is 2.11 bits per heavy atom. The number of carbonyl (C=O) groups is 2. The van der Waals surface area contributed by atoms with Crippen molar-refractivity contribution in [2.75, 3.05) is 5.32 Å². The maximum Gasteiger partial charge on any atom is 0.412 e. The number of aliphatic carboxylic acids is 1. The van der Waals surface area contributed by atoms with Gasteiger partial charge >= 0.3 is 12.1 Å². The lowest BCUT2D eigenvalue weighted by atomic mass is 9.95. The van der Waals surface area contributed by atoms with E-state index < -0.39 is 58.8 Å². The number of nitrogens with zero attached hydrogens (tertiary/aromatic N) is 1. The molecule has 0 aliphatic carbocycles. The number of fused-ring (bicyclic) bond motifs is 1. The van der Waals surface area contributed by atoms with Crippen LogP contribution in [0.4, 0.5) is 32.0 Å². The van der Waals surface area contributed by atoms with Crippen LogP contribution in [0.25, 0.3) is 22.0 Å². The van der Waals surface area contributed by atoms with Gasteiger partial charge in [-0.2, -0.15) is 13.2 Å². The predicted octanol–water partition coefficient (Wildman–Crippen LogP) is 8.77. The van der Waals surface area contributed by atoms with Crippen LogP contribution >= 0.6 is 23.2 Å². The number of carboxylic acid groups (broad SMARTS) is 1. The first-order valence-electron chi connectivity index (χ1n) is 13.7. The van der Waals surface area contributed by atoms with Gasteiger partial charge in [0.2, 0.25) is 0 Å². The van der Waals surface area contributed by atoms with Gasteiger partial charge in [-0.25, -0.2) is 18.0 Å². The van der Waals surface area contributed by atoms with Crippen molar-refractivity contribution in [3.63, 3.8) is 0 Å². The fraction of sp³-hybridized carbons (Fsp3) is 0.121. The smallest absolute Gasteiger partial charge is 0.412 e. The maximum atomic E-state index is 15.1. The summed E-state index contributed by atoms with van der Waals surface area (Å²) in [5.41, 5.74) is -0.630. The van der Waals surface area contributed by atoms with Crippen LogP contribution in [0.15, 0.2) is 85.1 Å². The number of benzene rings is 4. The van der Waals surface area contributed by atoms with Crippen molar-refractivity contribution in [3.8, 4) is 11.1 Å². The third kappa shape index (κ3) is 7.28. The van der Waals surface area contributed by atoms with Gasteiger partial charge in [-0.05, 0) is 41.5 Å². The lowest BCUT2D eigenvalue weighted by molar-refractivity contribution is -0.144. The van der Waals surface area contributed by atoms with E-state index in [4.69, 9.17) is 23.2 Å². The number of rotatable bonds is 9. The van der Waals surface area contributed by atoms with Crippen LogP contribution in [0.1, 0.15) is 27.5 Å². The summed E-state index contributed by atoms with van der Waals surface area (Å²) >= 11 is 12.5. The highest BCUT2D eigenvalue weighted by Gasteiger charge is 2.41. The Bertz CT molecular complexity index is 1950. The van der Waals surface area contributed by atoms with Gasteiger partial charge in [0, 0.05) is 34.8 Å². The molecule has 0 aliphatic rings. The molecule has 0 radical (unpaired) electrons. The minimum atomic E-state index is -4.84. The molecule has 5 aromatic rings. The number of nitrogens with one attached hydrogen (secondary N) is 2. The van der Waals surface area contributed by atoms with Crippen LogP contribution in [0.3, 0.4) is 0 Å². The first-order valence-corrected chi connectivity index (χ1v) is 14.4. The second-order valence-electron chi connectivity index (χ2n) is 10.3. The standard InChI is InChI=1S/C33H21Cl2F6N3O3/c34-22-12-18(36)13-23(35)27(22)21-9-8-17(20-7-4-10-42-29(20)21)11-26(32(46)47)44-31(45)28-24(37)14-19(15-25(28)38)43-30(33(39,40)41)16-5-2-1-3-6-16/h1-10,12-15,26,30,43H,11H2,(H,44,45)(H,46,47)/t26-,30+/m0/s1. The van der Waals surface area contributed by atoms with Crippen molar-refractivity contribution in [1.82, 2.24) is 10.3 Å². The molecule has 1 aromatic heterocycles. The van der Waals surface area contributed by atoms with Crippen molar-refractivity contribution in [2.45, 2.75) is 24.7 Å². The summed E-state index contributed by atoms with van der Waals surface area (Å²) in [6.07, 6.45) is -3.76. The molecule has 0 spiro atoms. The predicted molar refractivity (Wildman–Crippen MR) is 165 cm³/mol. The fourth-order valence-corrected chi connectivity index (χ4v) is 5.77. The van der Waals surface area contributed by atoms with Crippen molar-refractivity contribution < 1.29 is 41.0 Å². The highest BCUT2D eigenvalue weighted by Crippen LogP contribution is 2.40. The average molecular weight is 692 g/mol.